The molecule has 0 amide bonds. The molecule has 2 nitrogen and oxygen atoms in total. The van der Waals surface area contributed by atoms with Gasteiger partial charge in [-0.1, -0.05) is 0 Å². The molecule has 2 rings (SSSR count). The van der Waals surface area contributed by atoms with E-state index >= 15 is 0 Å². The summed E-state index contributed by atoms with van der Waals surface area (Å²) in [6, 6.07) is 8.25. The van der Waals surface area contributed by atoms with Crippen LogP contribution in [0.15, 0.2) is 36.4 Å². The second-order valence-corrected chi connectivity index (χ2v) is 3.62. The van der Waals surface area contributed by atoms with Crippen molar-refractivity contribution in [2.75, 3.05) is 12.8 Å². The molecule has 2 aromatic carbocycles. The molecule has 0 aliphatic rings. The zero-order valence-electron chi connectivity index (χ0n) is 9.21. The van der Waals surface area contributed by atoms with Gasteiger partial charge in [0.25, 0.3) is 0 Å². The number of anilines is 1. The first-order chi connectivity index (χ1) is 8.10. The fourth-order valence-corrected chi connectivity index (χ4v) is 1.66. The normalized spacial score (nSPS) is 10.3. The van der Waals surface area contributed by atoms with Gasteiger partial charge in [0, 0.05) is 23.4 Å². The summed E-state index contributed by atoms with van der Waals surface area (Å²) in [5.41, 5.74) is 7.16. The summed E-state index contributed by atoms with van der Waals surface area (Å²) < 4.78 is 31.4. The van der Waals surface area contributed by atoms with Gasteiger partial charge in [-0.2, -0.15) is 0 Å². The van der Waals surface area contributed by atoms with Crippen molar-refractivity contribution in [2.45, 2.75) is 0 Å². The average molecular weight is 235 g/mol. The maximum absolute atomic E-state index is 13.1. The first-order valence-electron chi connectivity index (χ1n) is 5.00. The van der Waals surface area contributed by atoms with Crippen LogP contribution in [0.1, 0.15) is 0 Å². The molecule has 2 N–H and O–H groups in total. The van der Waals surface area contributed by atoms with Crippen molar-refractivity contribution < 1.29 is 13.5 Å². The summed E-state index contributed by atoms with van der Waals surface area (Å²) in [4.78, 5) is 0. The maximum Gasteiger partial charge on any atom is 0.128 e. The molecule has 0 heterocycles. The first-order valence-corrected chi connectivity index (χ1v) is 5.00. The molecule has 0 radical (unpaired) electrons. The smallest absolute Gasteiger partial charge is 0.128 e. The molecule has 17 heavy (non-hydrogen) atoms. The van der Waals surface area contributed by atoms with E-state index in [1.165, 1.54) is 19.2 Å². The van der Waals surface area contributed by atoms with Crippen LogP contribution in [0.2, 0.25) is 0 Å². The van der Waals surface area contributed by atoms with Crippen LogP contribution in [0.25, 0.3) is 11.1 Å². The van der Waals surface area contributed by atoms with Gasteiger partial charge in [-0.05, 0) is 29.8 Å². The van der Waals surface area contributed by atoms with Gasteiger partial charge < -0.3 is 10.5 Å². The van der Waals surface area contributed by atoms with Gasteiger partial charge in [-0.3, -0.25) is 0 Å². The Bertz CT molecular complexity index is 535. The van der Waals surface area contributed by atoms with E-state index in [0.717, 1.165) is 6.07 Å². The zero-order chi connectivity index (χ0) is 12.4. The minimum Gasteiger partial charge on any atom is -0.496 e. The number of benzene rings is 2. The van der Waals surface area contributed by atoms with Crippen molar-refractivity contribution in [1.29, 1.82) is 0 Å². The molecule has 0 aliphatic carbocycles. The summed E-state index contributed by atoms with van der Waals surface area (Å²) in [6.07, 6.45) is 0. The third kappa shape index (κ3) is 2.36. The van der Waals surface area contributed by atoms with Crippen LogP contribution in [0.5, 0.6) is 5.75 Å². The summed E-state index contributed by atoms with van der Waals surface area (Å²) in [5, 5.41) is 0. The number of nitrogens with two attached hydrogens (primary N) is 1. The van der Waals surface area contributed by atoms with Crippen molar-refractivity contribution >= 4 is 5.69 Å². The van der Waals surface area contributed by atoms with Crippen LogP contribution in [-0.2, 0) is 0 Å². The van der Waals surface area contributed by atoms with Gasteiger partial charge in [0.05, 0.1) is 7.11 Å². The molecule has 2 aromatic rings. The number of hydrogen-bond donors (Lipinski definition) is 1. The minimum atomic E-state index is -0.626. The van der Waals surface area contributed by atoms with Crippen LogP contribution >= 0.6 is 0 Å². The second kappa shape index (κ2) is 4.41. The summed E-state index contributed by atoms with van der Waals surface area (Å²) in [6.45, 7) is 0. The molecule has 0 saturated heterocycles. The highest BCUT2D eigenvalue weighted by molar-refractivity contribution is 5.73. The molecule has 88 valence electrons. The lowest BCUT2D eigenvalue weighted by molar-refractivity contribution is 0.416. The minimum absolute atomic E-state index is 0.416. The van der Waals surface area contributed by atoms with Gasteiger partial charge in [0.1, 0.15) is 17.4 Å². The number of methoxy groups -OCH3 is 1. The Morgan fingerprint density at radius 1 is 1.00 bits per heavy atom. The number of nitrogen functional groups attached to an aromatic ring is 1. The zero-order valence-corrected chi connectivity index (χ0v) is 9.21. The highest BCUT2D eigenvalue weighted by atomic mass is 19.1. The van der Waals surface area contributed by atoms with Crippen molar-refractivity contribution in [3.05, 3.63) is 48.0 Å². The third-order valence-corrected chi connectivity index (χ3v) is 2.40. The highest BCUT2D eigenvalue weighted by Crippen LogP contribution is 2.32. The summed E-state index contributed by atoms with van der Waals surface area (Å²) in [5.74, 6) is -0.771. The van der Waals surface area contributed by atoms with Gasteiger partial charge in [0.15, 0.2) is 0 Å². The van der Waals surface area contributed by atoms with Gasteiger partial charge >= 0.3 is 0 Å². The van der Waals surface area contributed by atoms with Crippen LogP contribution in [-0.4, -0.2) is 7.11 Å². The number of hydrogen-bond acceptors (Lipinski definition) is 2. The number of halogens is 2. The van der Waals surface area contributed by atoms with E-state index in [9.17, 15) is 8.78 Å². The SMILES string of the molecule is COc1cc(N)ccc1-c1cc(F)cc(F)c1. The molecular weight excluding hydrogens is 224 g/mol. The molecule has 0 atom stereocenters. The van der Waals surface area contributed by atoms with E-state index in [1.54, 1.807) is 18.2 Å². The quantitative estimate of drug-likeness (QED) is 0.811. The van der Waals surface area contributed by atoms with E-state index in [-0.39, 0.29) is 0 Å². The van der Waals surface area contributed by atoms with E-state index in [0.29, 0.717) is 22.6 Å². The molecule has 4 heteroatoms. The fraction of sp³-hybridized carbons (Fsp3) is 0.0769. The Kier molecular flexibility index (Phi) is 2.95. The molecular formula is C13H11F2NO. The topological polar surface area (TPSA) is 35.2 Å². The van der Waals surface area contributed by atoms with Crippen LogP contribution in [0.3, 0.4) is 0 Å². The Morgan fingerprint density at radius 3 is 2.24 bits per heavy atom. The molecule has 0 aromatic heterocycles. The summed E-state index contributed by atoms with van der Waals surface area (Å²) >= 11 is 0. The molecule has 0 fully saturated rings. The second-order valence-electron chi connectivity index (χ2n) is 3.62. The van der Waals surface area contributed by atoms with Crippen LogP contribution in [0.4, 0.5) is 14.5 Å². The van der Waals surface area contributed by atoms with E-state index in [1.807, 2.05) is 0 Å². The molecule has 0 saturated carbocycles. The number of ether oxygens (including phenoxy) is 1. The molecule has 0 aliphatic heterocycles. The Labute approximate surface area is 97.6 Å². The van der Waals surface area contributed by atoms with E-state index < -0.39 is 11.6 Å². The highest BCUT2D eigenvalue weighted by Gasteiger charge is 2.08. The standard InChI is InChI=1S/C13H11F2NO/c1-17-13-7-11(16)2-3-12(13)8-4-9(14)6-10(15)5-8/h2-7H,16H2,1H3. The maximum atomic E-state index is 13.1. The molecule has 0 spiro atoms. The van der Waals surface area contributed by atoms with Gasteiger partial charge in [0.2, 0.25) is 0 Å². The molecule has 0 unspecified atom stereocenters. The van der Waals surface area contributed by atoms with Gasteiger partial charge in [-0.25, -0.2) is 8.78 Å². The fourth-order valence-electron chi connectivity index (χ4n) is 1.66. The van der Waals surface area contributed by atoms with Crippen LogP contribution in [0, 0.1) is 11.6 Å². The number of rotatable bonds is 2. The predicted octanol–water partition coefficient (Wildman–Crippen LogP) is 3.22. The third-order valence-electron chi connectivity index (χ3n) is 2.40. The van der Waals surface area contributed by atoms with Crippen molar-refractivity contribution in [3.8, 4) is 16.9 Å². The summed E-state index contributed by atoms with van der Waals surface area (Å²) in [7, 11) is 1.48. The van der Waals surface area contributed by atoms with Crippen LogP contribution < -0.4 is 10.5 Å². The van der Waals surface area contributed by atoms with E-state index in [4.69, 9.17) is 10.5 Å². The molecule has 0 bridgehead atoms. The Balaban J connectivity index is 2.59. The lowest BCUT2D eigenvalue weighted by Crippen LogP contribution is -1.92. The predicted molar refractivity (Wildman–Crippen MR) is 62.8 cm³/mol. The monoisotopic (exact) mass is 235 g/mol. The van der Waals surface area contributed by atoms with Crippen molar-refractivity contribution in [1.82, 2.24) is 0 Å². The largest absolute Gasteiger partial charge is 0.496 e. The van der Waals surface area contributed by atoms with E-state index in [2.05, 4.69) is 0 Å². The Hall–Kier alpha value is -2.10. The van der Waals surface area contributed by atoms with Crippen molar-refractivity contribution in [3.63, 3.8) is 0 Å². The lowest BCUT2D eigenvalue weighted by Gasteiger charge is -2.09. The first kappa shape index (κ1) is 11.4. The van der Waals surface area contributed by atoms with Crippen molar-refractivity contribution in [2.24, 2.45) is 0 Å². The average Bonchev–Trinajstić information content (AvgIpc) is 2.27. The lowest BCUT2D eigenvalue weighted by atomic mass is 10.0. The van der Waals surface area contributed by atoms with Gasteiger partial charge in [-0.15, -0.1) is 0 Å². The Morgan fingerprint density at radius 2 is 1.65 bits per heavy atom.